The van der Waals surface area contributed by atoms with Gasteiger partial charge in [-0.25, -0.2) is 0 Å². The van der Waals surface area contributed by atoms with Gasteiger partial charge in [0.15, 0.2) is 0 Å². The number of hydrogen-bond acceptors (Lipinski definition) is 3. The first-order valence-electron chi connectivity index (χ1n) is 11.0. The van der Waals surface area contributed by atoms with Crippen LogP contribution >= 0.6 is 0 Å². The van der Waals surface area contributed by atoms with Crippen molar-refractivity contribution in [1.82, 2.24) is 0 Å². The molecule has 5 heteroatoms. The molecule has 5 nitrogen and oxygen atoms in total. The van der Waals surface area contributed by atoms with Gasteiger partial charge in [0, 0.05) is 24.0 Å². The average molecular weight is 437 g/mol. The highest BCUT2D eigenvalue weighted by Crippen LogP contribution is 2.32. The molecule has 1 N–H and O–H groups in total. The lowest BCUT2D eigenvalue weighted by molar-refractivity contribution is -0.122. The number of fused-ring (bicyclic) bond motifs is 1. The van der Waals surface area contributed by atoms with Crippen LogP contribution in [0.25, 0.3) is 10.8 Å². The first-order valence-corrected chi connectivity index (χ1v) is 11.0. The number of carbonyl (C=O) groups is 2. The lowest BCUT2D eigenvalue weighted by atomic mass is 10.1. The van der Waals surface area contributed by atoms with E-state index in [4.69, 9.17) is 4.74 Å². The minimum atomic E-state index is -0.403. The van der Waals surface area contributed by atoms with E-state index >= 15 is 0 Å². The summed E-state index contributed by atoms with van der Waals surface area (Å²) in [5.41, 5.74) is 2.58. The molecule has 1 aliphatic heterocycles. The van der Waals surface area contributed by atoms with Gasteiger partial charge in [0.2, 0.25) is 11.8 Å². The van der Waals surface area contributed by atoms with Crippen molar-refractivity contribution in [3.63, 3.8) is 0 Å². The number of anilines is 2. The number of benzene rings is 4. The van der Waals surface area contributed by atoms with Crippen LogP contribution in [0.4, 0.5) is 11.4 Å². The molecule has 4 aromatic rings. The summed E-state index contributed by atoms with van der Waals surface area (Å²) in [6.07, 6.45) is 0.198. The Bertz CT molecular complexity index is 1330. The van der Waals surface area contributed by atoms with E-state index in [2.05, 4.69) is 5.32 Å². The second-order valence-electron chi connectivity index (χ2n) is 8.28. The Labute approximate surface area is 192 Å². The molecule has 0 aliphatic carbocycles. The minimum Gasteiger partial charge on any atom is -0.457 e. The van der Waals surface area contributed by atoms with Gasteiger partial charge in [0.1, 0.15) is 11.5 Å². The lowest BCUT2D eigenvalue weighted by Crippen LogP contribution is -2.28. The maximum atomic E-state index is 12.9. The zero-order valence-electron chi connectivity index (χ0n) is 18.3. The van der Waals surface area contributed by atoms with Crippen LogP contribution in [0.1, 0.15) is 12.0 Å². The summed E-state index contributed by atoms with van der Waals surface area (Å²) in [5, 5.41) is 5.03. The Morgan fingerprint density at radius 2 is 1.64 bits per heavy atom. The predicted molar refractivity (Wildman–Crippen MR) is 131 cm³/mol. The topological polar surface area (TPSA) is 58.6 Å². The quantitative estimate of drug-likeness (QED) is 0.422. The van der Waals surface area contributed by atoms with Crippen molar-refractivity contribution in [2.24, 2.45) is 5.92 Å². The minimum absolute atomic E-state index is 0.0338. The van der Waals surface area contributed by atoms with E-state index in [0.717, 1.165) is 27.8 Å². The molecule has 0 spiro atoms. The summed E-state index contributed by atoms with van der Waals surface area (Å²) >= 11 is 0. The van der Waals surface area contributed by atoms with E-state index in [0.29, 0.717) is 18.0 Å². The number of ether oxygens (including phenoxy) is 1. The van der Waals surface area contributed by atoms with Crippen molar-refractivity contribution >= 4 is 34.0 Å². The van der Waals surface area contributed by atoms with Crippen LogP contribution in [0.15, 0.2) is 91.0 Å². The molecule has 1 fully saturated rings. The maximum Gasteiger partial charge on any atom is 0.229 e. The van der Waals surface area contributed by atoms with Crippen molar-refractivity contribution in [2.75, 3.05) is 16.8 Å². The molecule has 5 rings (SSSR count). The van der Waals surface area contributed by atoms with Gasteiger partial charge in [-0.3, -0.25) is 9.59 Å². The smallest absolute Gasteiger partial charge is 0.229 e. The SMILES string of the molecule is Cc1ccccc1Oc1ccc(NC(=O)[C@H]2CC(=O)N(c3cccc4ccccc34)C2)cc1. The molecular weight excluding hydrogens is 412 g/mol. The third-order valence-electron chi connectivity index (χ3n) is 6.00. The number of amides is 2. The Kier molecular flexibility index (Phi) is 5.53. The van der Waals surface area contributed by atoms with Gasteiger partial charge < -0.3 is 15.0 Å². The molecule has 2 amide bonds. The Morgan fingerprint density at radius 1 is 0.909 bits per heavy atom. The second kappa shape index (κ2) is 8.79. The van der Waals surface area contributed by atoms with Crippen LogP contribution in [0, 0.1) is 12.8 Å². The first kappa shape index (κ1) is 20.8. The number of aryl methyl sites for hydroxylation is 1. The van der Waals surface area contributed by atoms with Gasteiger partial charge in [-0.15, -0.1) is 0 Å². The normalized spacial score (nSPS) is 15.6. The standard InChI is InChI=1S/C28H24N2O3/c1-19-7-2-5-12-26(19)33-23-15-13-22(14-16-23)29-28(32)21-17-27(31)30(18-21)25-11-6-9-20-8-3-4-10-24(20)25/h2-16,21H,17-18H2,1H3,(H,29,32)/t21-/m0/s1. The van der Waals surface area contributed by atoms with Crippen LogP contribution in [0.3, 0.4) is 0 Å². The number of nitrogens with zero attached hydrogens (tertiary/aromatic N) is 1. The largest absolute Gasteiger partial charge is 0.457 e. The molecule has 0 aromatic heterocycles. The summed E-state index contributed by atoms with van der Waals surface area (Å²) in [5.74, 6) is 0.902. The molecule has 0 radical (unpaired) electrons. The van der Waals surface area contributed by atoms with Gasteiger partial charge in [-0.2, -0.15) is 0 Å². The van der Waals surface area contributed by atoms with E-state index in [-0.39, 0.29) is 18.2 Å². The molecule has 0 saturated carbocycles. The van der Waals surface area contributed by atoms with Crippen LogP contribution in [-0.2, 0) is 9.59 Å². The average Bonchev–Trinajstić information content (AvgIpc) is 3.23. The molecule has 33 heavy (non-hydrogen) atoms. The fourth-order valence-electron chi connectivity index (χ4n) is 4.21. The van der Waals surface area contributed by atoms with Crippen molar-refractivity contribution < 1.29 is 14.3 Å². The fraction of sp³-hybridized carbons (Fsp3) is 0.143. The highest BCUT2D eigenvalue weighted by atomic mass is 16.5. The zero-order chi connectivity index (χ0) is 22.8. The summed E-state index contributed by atoms with van der Waals surface area (Å²) in [6.45, 7) is 2.36. The van der Waals surface area contributed by atoms with Gasteiger partial charge in [0.05, 0.1) is 11.6 Å². The molecule has 1 heterocycles. The fourth-order valence-corrected chi connectivity index (χ4v) is 4.21. The molecule has 164 valence electrons. The summed E-state index contributed by atoms with van der Waals surface area (Å²) in [7, 11) is 0. The molecule has 1 atom stereocenters. The second-order valence-corrected chi connectivity index (χ2v) is 8.28. The Morgan fingerprint density at radius 3 is 2.45 bits per heavy atom. The van der Waals surface area contributed by atoms with E-state index in [1.54, 1.807) is 4.90 Å². The van der Waals surface area contributed by atoms with Crippen molar-refractivity contribution in [3.05, 3.63) is 96.6 Å². The van der Waals surface area contributed by atoms with Crippen molar-refractivity contribution in [2.45, 2.75) is 13.3 Å². The third-order valence-corrected chi connectivity index (χ3v) is 6.00. The molecular formula is C28H24N2O3. The van der Waals surface area contributed by atoms with Crippen molar-refractivity contribution in [3.8, 4) is 11.5 Å². The van der Waals surface area contributed by atoms with Crippen LogP contribution in [-0.4, -0.2) is 18.4 Å². The Balaban J connectivity index is 1.26. The third kappa shape index (κ3) is 4.30. The highest BCUT2D eigenvalue weighted by Gasteiger charge is 2.35. The van der Waals surface area contributed by atoms with Gasteiger partial charge in [-0.05, 0) is 54.3 Å². The van der Waals surface area contributed by atoms with Crippen LogP contribution in [0.5, 0.6) is 11.5 Å². The number of para-hydroxylation sites is 1. The monoisotopic (exact) mass is 436 g/mol. The van der Waals surface area contributed by atoms with Crippen molar-refractivity contribution in [1.29, 1.82) is 0 Å². The lowest BCUT2D eigenvalue weighted by Gasteiger charge is -2.19. The predicted octanol–water partition coefficient (Wildman–Crippen LogP) is 5.93. The zero-order valence-corrected chi connectivity index (χ0v) is 18.3. The van der Waals surface area contributed by atoms with E-state index in [1.165, 1.54) is 0 Å². The highest BCUT2D eigenvalue weighted by molar-refractivity contribution is 6.08. The van der Waals surface area contributed by atoms with E-state index in [1.807, 2.05) is 97.9 Å². The molecule has 0 bridgehead atoms. The van der Waals surface area contributed by atoms with Crippen LogP contribution < -0.4 is 15.0 Å². The van der Waals surface area contributed by atoms with E-state index < -0.39 is 5.92 Å². The summed E-state index contributed by atoms with van der Waals surface area (Å²) in [6, 6.07) is 29.0. The summed E-state index contributed by atoms with van der Waals surface area (Å²) < 4.78 is 5.92. The van der Waals surface area contributed by atoms with Gasteiger partial charge in [0.25, 0.3) is 0 Å². The molecule has 1 aliphatic rings. The number of rotatable bonds is 5. The first-order chi connectivity index (χ1) is 16.1. The molecule has 4 aromatic carbocycles. The van der Waals surface area contributed by atoms with E-state index in [9.17, 15) is 9.59 Å². The molecule has 1 saturated heterocycles. The number of nitrogens with one attached hydrogen (secondary N) is 1. The molecule has 0 unspecified atom stereocenters. The summed E-state index contributed by atoms with van der Waals surface area (Å²) in [4.78, 5) is 27.4. The number of hydrogen-bond donors (Lipinski definition) is 1. The Hall–Kier alpha value is -4.12. The van der Waals surface area contributed by atoms with Gasteiger partial charge in [-0.1, -0.05) is 54.6 Å². The maximum absolute atomic E-state index is 12.9. The van der Waals surface area contributed by atoms with Crippen LogP contribution in [0.2, 0.25) is 0 Å². The number of carbonyl (C=O) groups excluding carboxylic acids is 2. The van der Waals surface area contributed by atoms with Gasteiger partial charge >= 0.3 is 0 Å².